The summed E-state index contributed by atoms with van der Waals surface area (Å²) in [6, 6.07) is 0. The van der Waals surface area contributed by atoms with E-state index in [2.05, 4.69) is 6.92 Å². The molecule has 0 saturated carbocycles. The highest BCUT2D eigenvalue weighted by Crippen LogP contribution is 2.30. The molecule has 0 amide bonds. The fourth-order valence-electron chi connectivity index (χ4n) is 2.14. The van der Waals surface area contributed by atoms with E-state index in [0.29, 0.717) is 0 Å². The SMILES string of the molecule is CCCCCCCCO[C@]1(O)O[C@H](CO)[C@H](O)[C@H]1O. The molecule has 0 unspecified atom stereocenters. The number of aliphatic hydroxyl groups excluding tert-OH is 3. The summed E-state index contributed by atoms with van der Waals surface area (Å²) >= 11 is 0. The molecule has 4 atom stereocenters. The van der Waals surface area contributed by atoms with Gasteiger partial charge >= 0.3 is 5.97 Å². The van der Waals surface area contributed by atoms with Crippen molar-refractivity contribution in [3.8, 4) is 0 Å². The summed E-state index contributed by atoms with van der Waals surface area (Å²) in [7, 11) is 0. The molecule has 1 rings (SSSR count). The average Bonchev–Trinajstić information content (AvgIpc) is 2.62. The lowest BCUT2D eigenvalue weighted by atomic mass is 10.1. The number of unbranched alkanes of at least 4 members (excludes halogenated alkanes) is 5. The lowest BCUT2D eigenvalue weighted by Gasteiger charge is -2.25. The molecule has 1 aliphatic rings. The molecule has 6 nitrogen and oxygen atoms in total. The lowest BCUT2D eigenvalue weighted by molar-refractivity contribution is -0.377. The Bertz CT molecular complexity index is 249. The molecule has 0 bridgehead atoms. The summed E-state index contributed by atoms with van der Waals surface area (Å²) in [4.78, 5) is 0. The van der Waals surface area contributed by atoms with Gasteiger partial charge in [-0.1, -0.05) is 39.0 Å². The zero-order valence-corrected chi connectivity index (χ0v) is 11.5. The Labute approximate surface area is 114 Å². The zero-order chi connectivity index (χ0) is 14.3. The van der Waals surface area contributed by atoms with E-state index < -0.39 is 30.9 Å². The van der Waals surface area contributed by atoms with E-state index in [0.717, 1.165) is 19.3 Å². The Hall–Kier alpha value is -0.240. The van der Waals surface area contributed by atoms with Gasteiger partial charge in [0.15, 0.2) is 6.10 Å². The maximum Gasteiger partial charge on any atom is 0.311 e. The predicted octanol–water partition coefficient (Wildman–Crippen LogP) is 0.122. The van der Waals surface area contributed by atoms with E-state index in [4.69, 9.17) is 14.6 Å². The van der Waals surface area contributed by atoms with Crippen LogP contribution in [0.2, 0.25) is 0 Å². The van der Waals surface area contributed by atoms with Crippen LogP contribution in [-0.4, -0.2) is 57.9 Å². The van der Waals surface area contributed by atoms with E-state index in [1.807, 2.05) is 0 Å². The second-order valence-corrected chi connectivity index (χ2v) is 5.02. The minimum absolute atomic E-state index is 0.241. The molecular formula is C13H26O6. The zero-order valence-electron chi connectivity index (χ0n) is 11.5. The third-order valence-corrected chi connectivity index (χ3v) is 3.39. The summed E-state index contributed by atoms with van der Waals surface area (Å²) in [6.45, 7) is 1.91. The first kappa shape index (κ1) is 16.8. The second kappa shape index (κ2) is 8.14. The van der Waals surface area contributed by atoms with E-state index in [1.165, 1.54) is 19.3 Å². The molecule has 0 aromatic rings. The van der Waals surface area contributed by atoms with Crippen molar-refractivity contribution < 1.29 is 29.9 Å². The molecule has 0 aliphatic carbocycles. The molecule has 0 radical (unpaired) electrons. The van der Waals surface area contributed by atoms with E-state index in [1.54, 1.807) is 0 Å². The van der Waals surface area contributed by atoms with Crippen molar-refractivity contribution in [2.24, 2.45) is 0 Å². The van der Waals surface area contributed by atoms with Crippen molar-refractivity contribution in [3.63, 3.8) is 0 Å². The molecule has 0 aromatic carbocycles. The van der Waals surface area contributed by atoms with Gasteiger partial charge in [-0.15, -0.1) is 0 Å². The van der Waals surface area contributed by atoms with Gasteiger partial charge in [-0.3, -0.25) is 0 Å². The Morgan fingerprint density at radius 3 is 2.32 bits per heavy atom. The van der Waals surface area contributed by atoms with Crippen molar-refractivity contribution in [1.82, 2.24) is 0 Å². The maximum absolute atomic E-state index is 9.91. The van der Waals surface area contributed by atoms with Crippen LogP contribution in [0.4, 0.5) is 0 Å². The minimum Gasteiger partial charge on any atom is -0.394 e. The lowest BCUT2D eigenvalue weighted by Crippen LogP contribution is -2.45. The van der Waals surface area contributed by atoms with Gasteiger partial charge in [0.05, 0.1) is 13.2 Å². The van der Waals surface area contributed by atoms with Crippen LogP contribution < -0.4 is 0 Å². The van der Waals surface area contributed by atoms with Crippen LogP contribution in [0, 0.1) is 0 Å². The van der Waals surface area contributed by atoms with Crippen LogP contribution in [-0.2, 0) is 9.47 Å². The molecule has 1 heterocycles. The van der Waals surface area contributed by atoms with Gasteiger partial charge in [0, 0.05) is 0 Å². The maximum atomic E-state index is 9.91. The molecule has 0 aromatic heterocycles. The first-order chi connectivity index (χ1) is 9.05. The fourth-order valence-corrected chi connectivity index (χ4v) is 2.14. The van der Waals surface area contributed by atoms with Crippen LogP contribution in [0.5, 0.6) is 0 Å². The third kappa shape index (κ3) is 4.66. The second-order valence-electron chi connectivity index (χ2n) is 5.02. The highest BCUT2D eigenvalue weighted by Gasteiger charge is 2.54. The van der Waals surface area contributed by atoms with Crippen molar-refractivity contribution >= 4 is 0 Å². The van der Waals surface area contributed by atoms with Crippen molar-refractivity contribution in [3.05, 3.63) is 0 Å². The summed E-state index contributed by atoms with van der Waals surface area (Å²) in [6.07, 6.45) is 2.51. The Balaban J connectivity index is 2.21. The van der Waals surface area contributed by atoms with E-state index >= 15 is 0 Å². The quantitative estimate of drug-likeness (QED) is 0.353. The highest BCUT2D eigenvalue weighted by molar-refractivity contribution is 4.90. The number of hydrogen-bond acceptors (Lipinski definition) is 6. The van der Waals surface area contributed by atoms with E-state index in [9.17, 15) is 15.3 Å². The van der Waals surface area contributed by atoms with E-state index in [-0.39, 0.29) is 6.61 Å². The van der Waals surface area contributed by atoms with Gasteiger partial charge in [-0.05, 0) is 6.42 Å². The summed E-state index contributed by atoms with van der Waals surface area (Å²) in [5, 5.41) is 38.0. The molecular weight excluding hydrogens is 252 g/mol. The average molecular weight is 278 g/mol. The molecule has 1 fully saturated rings. The predicted molar refractivity (Wildman–Crippen MR) is 68.3 cm³/mol. The molecule has 4 N–H and O–H groups in total. The van der Waals surface area contributed by atoms with Gasteiger partial charge in [-0.25, -0.2) is 0 Å². The van der Waals surface area contributed by atoms with Crippen LogP contribution in [0.1, 0.15) is 45.4 Å². The van der Waals surface area contributed by atoms with Crippen molar-refractivity contribution in [2.45, 2.75) is 69.7 Å². The van der Waals surface area contributed by atoms with Crippen LogP contribution in [0.3, 0.4) is 0 Å². The number of hydrogen-bond donors (Lipinski definition) is 4. The Morgan fingerprint density at radius 1 is 1.11 bits per heavy atom. The normalized spacial score (nSPS) is 34.9. The van der Waals surface area contributed by atoms with Gasteiger partial charge in [0.25, 0.3) is 0 Å². The first-order valence-electron chi connectivity index (χ1n) is 7.06. The van der Waals surface area contributed by atoms with Gasteiger partial charge in [0.1, 0.15) is 12.2 Å². The Morgan fingerprint density at radius 2 is 1.74 bits per heavy atom. The number of ether oxygens (including phenoxy) is 2. The van der Waals surface area contributed by atoms with Crippen LogP contribution in [0.15, 0.2) is 0 Å². The van der Waals surface area contributed by atoms with Crippen LogP contribution >= 0.6 is 0 Å². The third-order valence-electron chi connectivity index (χ3n) is 3.39. The Kier molecular flexibility index (Phi) is 7.20. The largest absolute Gasteiger partial charge is 0.394 e. The molecule has 6 heteroatoms. The summed E-state index contributed by atoms with van der Waals surface area (Å²) in [5.41, 5.74) is 0. The monoisotopic (exact) mass is 278 g/mol. The fraction of sp³-hybridized carbons (Fsp3) is 1.00. The molecule has 114 valence electrons. The molecule has 1 saturated heterocycles. The van der Waals surface area contributed by atoms with Gasteiger partial charge in [-0.2, -0.15) is 0 Å². The number of rotatable bonds is 9. The topological polar surface area (TPSA) is 99.4 Å². The van der Waals surface area contributed by atoms with Crippen LogP contribution in [0.25, 0.3) is 0 Å². The van der Waals surface area contributed by atoms with Gasteiger partial charge < -0.3 is 29.9 Å². The number of aliphatic hydroxyl groups is 4. The summed E-state index contributed by atoms with van der Waals surface area (Å²) < 4.78 is 10.1. The minimum atomic E-state index is -2.21. The van der Waals surface area contributed by atoms with Crippen molar-refractivity contribution in [2.75, 3.05) is 13.2 Å². The molecule has 19 heavy (non-hydrogen) atoms. The first-order valence-corrected chi connectivity index (χ1v) is 7.06. The van der Waals surface area contributed by atoms with Gasteiger partial charge in [0.2, 0.25) is 0 Å². The standard InChI is InChI=1S/C13H26O6/c1-2-3-4-5-6-7-8-18-13(17)12(16)11(15)10(9-14)19-13/h10-12,14-17H,2-9H2,1H3/t10-,11+,12-,13+/m1/s1. The summed E-state index contributed by atoms with van der Waals surface area (Å²) in [5.74, 6) is -2.21. The van der Waals surface area contributed by atoms with Crippen molar-refractivity contribution in [1.29, 1.82) is 0 Å². The highest BCUT2D eigenvalue weighted by atomic mass is 16.8. The smallest absolute Gasteiger partial charge is 0.311 e. The molecule has 0 spiro atoms. The molecule has 1 aliphatic heterocycles.